The van der Waals surface area contributed by atoms with E-state index in [1.807, 2.05) is 39.0 Å². The summed E-state index contributed by atoms with van der Waals surface area (Å²) in [5.41, 5.74) is 5.81. The smallest absolute Gasteiger partial charge is 0.0661 e. The van der Waals surface area contributed by atoms with Crippen molar-refractivity contribution in [1.29, 1.82) is 0 Å². The molecule has 0 heterocycles. The standard InChI is InChI=1S/C12H16ClN.C8H10/c1-5-10(4)14-12-7-8(2)11(13)6-9(12)3;1-2-8-6-4-3-5-7-8/h6-7H,5H2,1-4H3;3-7H,2H2,1H3. The van der Waals surface area contributed by atoms with Gasteiger partial charge in [-0.05, 0) is 62.4 Å². The molecule has 0 atom stereocenters. The summed E-state index contributed by atoms with van der Waals surface area (Å²) in [4.78, 5) is 4.54. The van der Waals surface area contributed by atoms with Crippen LogP contribution in [0.15, 0.2) is 47.5 Å². The molecule has 0 fully saturated rings. The highest BCUT2D eigenvalue weighted by Crippen LogP contribution is 2.26. The Bertz CT molecular complexity index is 615. The Hall–Kier alpha value is -1.60. The molecule has 0 aliphatic rings. The fourth-order valence-electron chi connectivity index (χ4n) is 1.88. The third-order valence-electron chi connectivity index (χ3n) is 3.55. The van der Waals surface area contributed by atoms with Gasteiger partial charge in [-0.2, -0.15) is 0 Å². The molecule has 0 aromatic heterocycles. The molecule has 2 aromatic rings. The lowest BCUT2D eigenvalue weighted by Crippen LogP contribution is -1.87. The van der Waals surface area contributed by atoms with Crippen molar-refractivity contribution in [1.82, 2.24) is 0 Å². The van der Waals surface area contributed by atoms with Crippen molar-refractivity contribution in [3.8, 4) is 0 Å². The number of aryl methyl sites for hydroxylation is 3. The van der Waals surface area contributed by atoms with Gasteiger partial charge in [0.1, 0.15) is 0 Å². The van der Waals surface area contributed by atoms with Crippen LogP contribution >= 0.6 is 11.6 Å². The van der Waals surface area contributed by atoms with Gasteiger partial charge in [-0.25, -0.2) is 0 Å². The van der Waals surface area contributed by atoms with Gasteiger partial charge < -0.3 is 0 Å². The lowest BCUT2D eigenvalue weighted by molar-refractivity contribution is 1.14. The molecule has 0 spiro atoms. The van der Waals surface area contributed by atoms with Crippen molar-refractivity contribution in [3.05, 3.63) is 64.2 Å². The van der Waals surface area contributed by atoms with Crippen molar-refractivity contribution in [2.45, 2.75) is 47.5 Å². The van der Waals surface area contributed by atoms with E-state index in [0.29, 0.717) is 0 Å². The van der Waals surface area contributed by atoms with Gasteiger partial charge in [0.25, 0.3) is 0 Å². The van der Waals surface area contributed by atoms with Crippen molar-refractivity contribution in [2.75, 3.05) is 0 Å². The average Bonchev–Trinajstić information content (AvgIpc) is 2.53. The maximum absolute atomic E-state index is 6.01. The Labute approximate surface area is 140 Å². The average molecular weight is 316 g/mol. The second-order valence-corrected chi connectivity index (χ2v) is 5.83. The summed E-state index contributed by atoms with van der Waals surface area (Å²) in [6, 6.07) is 14.5. The molecule has 22 heavy (non-hydrogen) atoms. The van der Waals surface area contributed by atoms with Gasteiger partial charge in [0, 0.05) is 10.7 Å². The minimum absolute atomic E-state index is 0.815. The van der Waals surface area contributed by atoms with E-state index in [-0.39, 0.29) is 0 Å². The van der Waals surface area contributed by atoms with Crippen LogP contribution in [-0.4, -0.2) is 5.71 Å². The molecule has 0 aliphatic carbocycles. The summed E-state index contributed by atoms with van der Waals surface area (Å²) < 4.78 is 0. The van der Waals surface area contributed by atoms with E-state index in [1.165, 1.54) is 5.56 Å². The first-order valence-electron chi connectivity index (χ1n) is 7.82. The van der Waals surface area contributed by atoms with Crippen LogP contribution in [-0.2, 0) is 6.42 Å². The molecule has 2 rings (SSSR count). The molecule has 0 saturated heterocycles. The molecular weight excluding hydrogens is 290 g/mol. The maximum Gasteiger partial charge on any atom is 0.0661 e. The fraction of sp³-hybridized carbons (Fsp3) is 0.350. The molecule has 2 aromatic carbocycles. The van der Waals surface area contributed by atoms with Crippen LogP contribution in [0.1, 0.15) is 43.9 Å². The van der Waals surface area contributed by atoms with Gasteiger partial charge in [0.05, 0.1) is 5.69 Å². The van der Waals surface area contributed by atoms with E-state index in [0.717, 1.165) is 40.4 Å². The zero-order chi connectivity index (χ0) is 16.5. The second kappa shape index (κ2) is 9.42. The molecule has 0 unspecified atom stereocenters. The van der Waals surface area contributed by atoms with Crippen molar-refractivity contribution < 1.29 is 0 Å². The molecule has 0 radical (unpaired) electrons. The number of halogens is 1. The minimum atomic E-state index is 0.815. The highest BCUT2D eigenvalue weighted by Gasteiger charge is 2.01. The molecule has 1 nitrogen and oxygen atoms in total. The van der Waals surface area contributed by atoms with E-state index < -0.39 is 0 Å². The highest BCUT2D eigenvalue weighted by atomic mass is 35.5. The largest absolute Gasteiger partial charge is 0.258 e. The molecule has 0 N–H and O–H groups in total. The lowest BCUT2D eigenvalue weighted by atomic mass is 10.1. The number of hydrogen-bond donors (Lipinski definition) is 0. The van der Waals surface area contributed by atoms with E-state index in [2.05, 4.69) is 43.1 Å². The third kappa shape index (κ3) is 6.03. The first kappa shape index (κ1) is 18.4. The zero-order valence-electron chi connectivity index (χ0n) is 14.3. The summed E-state index contributed by atoms with van der Waals surface area (Å²) in [6.45, 7) is 10.4. The van der Waals surface area contributed by atoms with E-state index >= 15 is 0 Å². The van der Waals surface area contributed by atoms with Gasteiger partial charge in [-0.15, -0.1) is 0 Å². The van der Waals surface area contributed by atoms with Crippen LogP contribution in [0, 0.1) is 13.8 Å². The summed E-state index contributed by atoms with van der Waals surface area (Å²) >= 11 is 6.01. The van der Waals surface area contributed by atoms with Crippen LogP contribution in [0.4, 0.5) is 5.69 Å². The van der Waals surface area contributed by atoms with Crippen LogP contribution in [0.5, 0.6) is 0 Å². The Morgan fingerprint density at radius 3 is 2.14 bits per heavy atom. The summed E-state index contributed by atoms with van der Waals surface area (Å²) in [6.07, 6.45) is 2.13. The molecule has 118 valence electrons. The van der Waals surface area contributed by atoms with Gasteiger partial charge in [0.15, 0.2) is 0 Å². The van der Waals surface area contributed by atoms with Gasteiger partial charge in [-0.1, -0.05) is 55.8 Å². The van der Waals surface area contributed by atoms with Crippen molar-refractivity contribution >= 4 is 23.0 Å². The summed E-state index contributed by atoms with van der Waals surface area (Å²) in [5.74, 6) is 0. The molecule has 0 amide bonds. The molecule has 0 saturated carbocycles. The SMILES string of the molecule is CCC(C)=Nc1cc(C)c(Cl)cc1C.CCc1ccccc1. The molecular formula is C20H26ClN. The van der Waals surface area contributed by atoms with E-state index in [9.17, 15) is 0 Å². The maximum atomic E-state index is 6.01. The zero-order valence-corrected chi connectivity index (χ0v) is 15.0. The Morgan fingerprint density at radius 2 is 1.64 bits per heavy atom. The molecule has 0 bridgehead atoms. The van der Waals surface area contributed by atoms with Gasteiger partial charge in [0.2, 0.25) is 0 Å². The van der Waals surface area contributed by atoms with Crippen LogP contribution in [0.25, 0.3) is 0 Å². The number of hydrogen-bond acceptors (Lipinski definition) is 1. The predicted molar refractivity (Wildman–Crippen MR) is 99.8 cm³/mol. The van der Waals surface area contributed by atoms with Crippen LogP contribution in [0.2, 0.25) is 5.02 Å². The van der Waals surface area contributed by atoms with E-state index in [4.69, 9.17) is 11.6 Å². The Kier molecular flexibility index (Phi) is 7.90. The molecule has 0 aliphatic heterocycles. The lowest BCUT2D eigenvalue weighted by Gasteiger charge is -2.05. The first-order chi connectivity index (χ1) is 10.5. The van der Waals surface area contributed by atoms with Gasteiger partial charge in [-0.3, -0.25) is 4.99 Å². The minimum Gasteiger partial charge on any atom is -0.258 e. The first-order valence-corrected chi connectivity index (χ1v) is 8.20. The van der Waals surface area contributed by atoms with Crippen LogP contribution < -0.4 is 0 Å². The predicted octanol–water partition coefficient (Wildman–Crippen LogP) is 6.71. The topological polar surface area (TPSA) is 12.4 Å². The highest BCUT2D eigenvalue weighted by molar-refractivity contribution is 6.31. The van der Waals surface area contributed by atoms with Crippen molar-refractivity contribution in [3.63, 3.8) is 0 Å². The Balaban J connectivity index is 0.000000255. The quantitative estimate of drug-likeness (QED) is 0.558. The monoisotopic (exact) mass is 315 g/mol. The number of benzene rings is 2. The number of rotatable bonds is 3. The number of nitrogens with zero attached hydrogens (tertiary/aromatic N) is 1. The second-order valence-electron chi connectivity index (χ2n) is 5.43. The fourth-order valence-corrected chi connectivity index (χ4v) is 2.10. The normalized spacial score (nSPS) is 10.9. The van der Waals surface area contributed by atoms with Crippen LogP contribution in [0.3, 0.4) is 0 Å². The summed E-state index contributed by atoms with van der Waals surface area (Å²) in [5, 5.41) is 0.815. The van der Waals surface area contributed by atoms with Crippen molar-refractivity contribution in [2.24, 2.45) is 4.99 Å². The Morgan fingerprint density at radius 1 is 1.00 bits per heavy atom. The molecule has 2 heteroatoms. The number of aliphatic imine (C=N–C) groups is 1. The summed E-state index contributed by atoms with van der Waals surface area (Å²) in [7, 11) is 0. The third-order valence-corrected chi connectivity index (χ3v) is 3.96. The van der Waals surface area contributed by atoms with Gasteiger partial charge >= 0.3 is 0 Å². The van der Waals surface area contributed by atoms with E-state index in [1.54, 1.807) is 0 Å².